The van der Waals surface area contributed by atoms with Gasteiger partial charge in [-0.05, 0) is 18.6 Å². The van der Waals surface area contributed by atoms with Gasteiger partial charge in [0.25, 0.3) is 4.38 Å². The molecular formula is C12H24O2S2. The summed E-state index contributed by atoms with van der Waals surface area (Å²) in [5.74, 6) is 0. The highest BCUT2D eigenvalue weighted by Gasteiger charge is 1.94. The van der Waals surface area contributed by atoms with E-state index in [4.69, 9.17) is 4.89 Å². The summed E-state index contributed by atoms with van der Waals surface area (Å²) in [4.78, 5) is 9.45. The summed E-state index contributed by atoms with van der Waals surface area (Å²) < 4.78 is 0.149. The van der Waals surface area contributed by atoms with Gasteiger partial charge in [0.1, 0.15) is 0 Å². The minimum absolute atomic E-state index is 0.149. The van der Waals surface area contributed by atoms with Crippen molar-refractivity contribution in [2.24, 2.45) is 0 Å². The van der Waals surface area contributed by atoms with E-state index in [0.29, 0.717) is 6.61 Å². The molecule has 0 rings (SSSR count). The summed E-state index contributed by atoms with van der Waals surface area (Å²) in [7, 11) is 0. The minimum atomic E-state index is 0.149. The van der Waals surface area contributed by atoms with Crippen molar-refractivity contribution in [2.45, 2.75) is 64.7 Å². The molecule has 0 N–H and O–H groups in total. The van der Waals surface area contributed by atoms with E-state index in [-0.39, 0.29) is 4.38 Å². The summed E-state index contributed by atoms with van der Waals surface area (Å²) >= 11 is 8.36. The van der Waals surface area contributed by atoms with E-state index in [1.165, 1.54) is 51.4 Å². The SMILES string of the molecule is CCCCCCCCCCCOOC(=S)S. The highest BCUT2D eigenvalue weighted by atomic mass is 32.1. The zero-order chi connectivity index (χ0) is 12.1. The van der Waals surface area contributed by atoms with Gasteiger partial charge < -0.3 is 4.89 Å². The molecule has 16 heavy (non-hydrogen) atoms. The third-order valence-electron chi connectivity index (χ3n) is 2.46. The first-order chi connectivity index (χ1) is 7.77. The van der Waals surface area contributed by atoms with Crippen LogP contribution in [0.4, 0.5) is 0 Å². The molecule has 0 fully saturated rings. The van der Waals surface area contributed by atoms with E-state index in [2.05, 4.69) is 36.7 Å². The molecule has 0 aromatic carbocycles. The molecular weight excluding hydrogens is 240 g/mol. The Morgan fingerprint density at radius 3 is 1.94 bits per heavy atom. The summed E-state index contributed by atoms with van der Waals surface area (Å²) in [5, 5.41) is 0. The molecule has 0 aromatic rings. The number of hydrogen-bond acceptors (Lipinski definition) is 3. The van der Waals surface area contributed by atoms with Crippen LogP contribution in [-0.4, -0.2) is 11.0 Å². The van der Waals surface area contributed by atoms with Gasteiger partial charge in [-0.1, -0.05) is 70.9 Å². The first-order valence-corrected chi connectivity index (χ1v) is 7.15. The van der Waals surface area contributed by atoms with Crippen molar-refractivity contribution in [1.82, 2.24) is 0 Å². The van der Waals surface area contributed by atoms with Gasteiger partial charge in [-0.3, -0.25) is 0 Å². The number of thiol groups is 1. The van der Waals surface area contributed by atoms with Gasteiger partial charge in [-0.2, -0.15) is 4.89 Å². The molecule has 4 heteroatoms. The normalized spacial score (nSPS) is 10.4. The maximum Gasteiger partial charge on any atom is 0.260 e. The molecule has 0 atom stereocenters. The number of rotatable bonds is 11. The lowest BCUT2D eigenvalue weighted by atomic mass is 10.1. The highest BCUT2D eigenvalue weighted by molar-refractivity contribution is 8.10. The zero-order valence-corrected chi connectivity index (χ0v) is 12.0. The van der Waals surface area contributed by atoms with E-state index in [0.717, 1.165) is 6.42 Å². The molecule has 0 unspecified atom stereocenters. The first kappa shape index (κ1) is 16.2. The van der Waals surface area contributed by atoms with E-state index in [1.54, 1.807) is 0 Å². The largest absolute Gasteiger partial charge is 0.319 e. The Labute approximate surface area is 110 Å². The predicted molar refractivity (Wildman–Crippen MR) is 75.8 cm³/mol. The quantitative estimate of drug-likeness (QED) is 0.192. The zero-order valence-electron chi connectivity index (χ0n) is 10.2. The summed E-state index contributed by atoms with van der Waals surface area (Å²) in [6, 6.07) is 0. The Balaban J connectivity index is 2.90. The lowest BCUT2D eigenvalue weighted by molar-refractivity contribution is -0.216. The Kier molecular flexibility index (Phi) is 13.4. The van der Waals surface area contributed by atoms with Gasteiger partial charge in [0.2, 0.25) is 0 Å². The van der Waals surface area contributed by atoms with Crippen LogP contribution in [0.1, 0.15) is 64.7 Å². The molecule has 96 valence electrons. The third kappa shape index (κ3) is 14.2. The van der Waals surface area contributed by atoms with Crippen LogP contribution in [0, 0.1) is 0 Å². The van der Waals surface area contributed by atoms with Crippen LogP contribution in [0.3, 0.4) is 0 Å². The second-order valence-corrected chi connectivity index (χ2v) is 5.08. The van der Waals surface area contributed by atoms with Crippen LogP contribution in [0.2, 0.25) is 0 Å². The lowest BCUT2D eigenvalue weighted by Crippen LogP contribution is -1.98. The monoisotopic (exact) mass is 264 g/mol. The van der Waals surface area contributed by atoms with E-state index >= 15 is 0 Å². The minimum Gasteiger partial charge on any atom is -0.319 e. The molecule has 0 aliphatic rings. The van der Waals surface area contributed by atoms with Crippen LogP contribution < -0.4 is 0 Å². The molecule has 0 spiro atoms. The van der Waals surface area contributed by atoms with E-state index in [9.17, 15) is 0 Å². The topological polar surface area (TPSA) is 18.5 Å². The molecule has 0 aromatic heterocycles. The maximum atomic E-state index is 4.84. The Bertz CT molecular complexity index is 163. The smallest absolute Gasteiger partial charge is 0.260 e. The first-order valence-electron chi connectivity index (χ1n) is 6.29. The van der Waals surface area contributed by atoms with E-state index < -0.39 is 0 Å². The number of unbranched alkanes of at least 4 members (excludes halogenated alkanes) is 8. The fraction of sp³-hybridized carbons (Fsp3) is 0.917. The summed E-state index contributed by atoms with van der Waals surface area (Å²) in [6.45, 7) is 2.86. The van der Waals surface area contributed by atoms with Gasteiger partial charge in [0, 0.05) is 0 Å². The van der Waals surface area contributed by atoms with Gasteiger partial charge in [-0.25, -0.2) is 0 Å². The molecule has 0 aliphatic carbocycles. The van der Waals surface area contributed by atoms with Crippen molar-refractivity contribution in [3.63, 3.8) is 0 Å². The molecule has 2 nitrogen and oxygen atoms in total. The number of hydrogen-bond donors (Lipinski definition) is 1. The van der Waals surface area contributed by atoms with Gasteiger partial charge in [0.05, 0.1) is 6.61 Å². The summed E-state index contributed by atoms with van der Waals surface area (Å²) in [5.41, 5.74) is 0. The highest BCUT2D eigenvalue weighted by Crippen LogP contribution is 2.09. The molecule has 0 heterocycles. The molecule has 0 amide bonds. The standard InChI is InChI=1S/C12H24O2S2/c1-2-3-4-5-6-7-8-9-10-11-13-14-12(15)16/h2-11H2,1H3,(H,15,16). The molecule has 0 saturated heterocycles. The van der Waals surface area contributed by atoms with Crippen LogP contribution >= 0.6 is 24.8 Å². The van der Waals surface area contributed by atoms with E-state index in [1.807, 2.05) is 0 Å². The lowest BCUT2D eigenvalue weighted by Gasteiger charge is -2.03. The van der Waals surface area contributed by atoms with Crippen molar-refractivity contribution < 1.29 is 9.78 Å². The Hall–Kier alpha value is 0.200. The van der Waals surface area contributed by atoms with Crippen molar-refractivity contribution >= 4 is 29.2 Å². The molecule has 0 radical (unpaired) electrons. The Morgan fingerprint density at radius 1 is 0.938 bits per heavy atom. The average Bonchev–Trinajstić information content (AvgIpc) is 2.25. The van der Waals surface area contributed by atoms with Crippen LogP contribution in [0.5, 0.6) is 0 Å². The average molecular weight is 264 g/mol. The number of thiocarbonyl (C=S) groups is 1. The van der Waals surface area contributed by atoms with Gasteiger partial charge in [-0.15, -0.1) is 0 Å². The van der Waals surface area contributed by atoms with Gasteiger partial charge in [0.15, 0.2) is 0 Å². The second-order valence-electron chi connectivity index (χ2n) is 4.00. The fourth-order valence-corrected chi connectivity index (χ4v) is 1.66. The molecule has 0 aliphatic heterocycles. The van der Waals surface area contributed by atoms with Crippen molar-refractivity contribution in [2.75, 3.05) is 6.61 Å². The second kappa shape index (κ2) is 13.3. The fourth-order valence-electron chi connectivity index (χ4n) is 1.56. The molecule has 0 saturated carbocycles. The van der Waals surface area contributed by atoms with Gasteiger partial charge >= 0.3 is 0 Å². The third-order valence-corrected chi connectivity index (χ3v) is 2.60. The summed E-state index contributed by atoms with van der Waals surface area (Å²) in [6.07, 6.45) is 11.7. The van der Waals surface area contributed by atoms with Crippen molar-refractivity contribution in [3.8, 4) is 0 Å². The maximum absolute atomic E-state index is 4.84. The van der Waals surface area contributed by atoms with Crippen molar-refractivity contribution in [3.05, 3.63) is 0 Å². The van der Waals surface area contributed by atoms with Crippen molar-refractivity contribution in [1.29, 1.82) is 0 Å². The molecule has 0 bridgehead atoms. The Morgan fingerprint density at radius 2 is 1.44 bits per heavy atom. The predicted octanol–water partition coefficient (Wildman–Crippen LogP) is 4.68. The van der Waals surface area contributed by atoms with Crippen LogP contribution in [0.15, 0.2) is 0 Å². The van der Waals surface area contributed by atoms with Crippen LogP contribution in [0.25, 0.3) is 0 Å². The van der Waals surface area contributed by atoms with Crippen LogP contribution in [-0.2, 0) is 9.78 Å².